The number of carboxylic acids is 1. The number of nitrogens with one attached hydrogen (secondary N) is 1. The maximum Gasteiger partial charge on any atom is 0.411 e. The third kappa shape index (κ3) is 5.19. The molecular weight excluding hydrogens is 444 g/mol. The Hall–Kier alpha value is -4.13. The first-order valence-electron chi connectivity index (χ1n) is 11.5. The molecule has 0 fully saturated rings. The van der Waals surface area contributed by atoms with Crippen LogP contribution in [0.15, 0.2) is 72.8 Å². The van der Waals surface area contributed by atoms with E-state index in [9.17, 15) is 14.4 Å². The molecule has 2 amide bonds. The van der Waals surface area contributed by atoms with Crippen molar-refractivity contribution in [2.24, 2.45) is 0 Å². The molecule has 0 saturated heterocycles. The number of fused-ring (bicyclic) bond motifs is 3. The number of anilines is 1. The average molecular weight is 473 g/mol. The highest BCUT2D eigenvalue weighted by molar-refractivity contribution is 5.87. The number of likely N-dealkylation sites (N-methyl/N-ethyl adjacent to an activating group) is 1. The van der Waals surface area contributed by atoms with Crippen molar-refractivity contribution in [3.05, 3.63) is 89.5 Å². The minimum Gasteiger partial charge on any atom is -0.480 e. The van der Waals surface area contributed by atoms with Crippen LogP contribution in [0.3, 0.4) is 0 Å². The third-order valence-corrected chi connectivity index (χ3v) is 6.54. The van der Waals surface area contributed by atoms with E-state index in [4.69, 9.17) is 9.84 Å². The number of carbonyl (C=O) groups excluding carboxylic acids is 2. The summed E-state index contributed by atoms with van der Waals surface area (Å²) in [7, 11) is 1.47. The lowest BCUT2D eigenvalue weighted by Crippen LogP contribution is -2.40. The van der Waals surface area contributed by atoms with E-state index in [-0.39, 0.29) is 24.9 Å². The highest BCUT2D eigenvalue weighted by Crippen LogP contribution is 2.44. The minimum absolute atomic E-state index is 0.0345. The molecule has 35 heavy (non-hydrogen) atoms. The van der Waals surface area contributed by atoms with E-state index in [0.717, 1.165) is 27.8 Å². The second-order valence-corrected chi connectivity index (χ2v) is 8.63. The number of ether oxygens (including phenoxy) is 1. The van der Waals surface area contributed by atoms with Gasteiger partial charge in [0.15, 0.2) is 0 Å². The molecule has 3 aromatic carbocycles. The fraction of sp³-hybridized carbons (Fsp3) is 0.250. The predicted octanol–water partition coefficient (Wildman–Crippen LogP) is 4.91. The summed E-state index contributed by atoms with van der Waals surface area (Å²) in [5.74, 6) is -1.37. The van der Waals surface area contributed by atoms with Gasteiger partial charge in [-0.25, -0.2) is 9.59 Å². The number of benzene rings is 3. The number of aryl methyl sites for hydroxylation is 1. The molecule has 0 spiro atoms. The van der Waals surface area contributed by atoms with Gasteiger partial charge in [0.25, 0.3) is 0 Å². The Labute approximate surface area is 204 Å². The highest BCUT2D eigenvalue weighted by Gasteiger charge is 2.29. The van der Waals surface area contributed by atoms with Crippen LogP contribution in [-0.4, -0.2) is 47.7 Å². The number of hydrogen-bond acceptors (Lipinski definition) is 4. The molecule has 0 saturated carbocycles. The highest BCUT2D eigenvalue weighted by atomic mass is 16.5. The van der Waals surface area contributed by atoms with Crippen molar-refractivity contribution in [3.8, 4) is 11.1 Å². The van der Waals surface area contributed by atoms with Crippen molar-refractivity contribution >= 4 is 23.7 Å². The molecule has 0 aromatic heterocycles. The number of rotatable bonds is 8. The molecule has 0 radical (unpaired) electrons. The Morgan fingerprint density at radius 3 is 2.14 bits per heavy atom. The van der Waals surface area contributed by atoms with E-state index >= 15 is 0 Å². The van der Waals surface area contributed by atoms with E-state index in [0.29, 0.717) is 12.1 Å². The van der Waals surface area contributed by atoms with Crippen LogP contribution < -0.4 is 5.32 Å². The molecule has 1 unspecified atom stereocenters. The summed E-state index contributed by atoms with van der Waals surface area (Å²) in [6.07, 6.45) is -0.0883. The zero-order valence-electron chi connectivity index (χ0n) is 19.7. The summed E-state index contributed by atoms with van der Waals surface area (Å²) in [6, 6.07) is 22.6. The molecule has 0 heterocycles. The van der Waals surface area contributed by atoms with Gasteiger partial charge in [0, 0.05) is 25.1 Å². The SMILES string of the molecule is CC(C(=O)O)N(C)C(=O)CCc1ccccc1NC(=O)OCC1c2ccccc2-c2ccccc21. The second kappa shape index (κ2) is 10.4. The van der Waals surface area contributed by atoms with Crippen molar-refractivity contribution < 1.29 is 24.2 Å². The molecule has 0 bridgehead atoms. The van der Waals surface area contributed by atoms with E-state index in [2.05, 4.69) is 29.6 Å². The smallest absolute Gasteiger partial charge is 0.411 e. The van der Waals surface area contributed by atoms with Crippen LogP contribution in [0.4, 0.5) is 10.5 Å². The Morgan fingerprint density at radius 2 is 1.51 bits per heavy atom. The van der Waals surface area contributed by atoms with Crippen molar-refractivity contribution in [1.29, 1.82) is 0 Å². The maximum atomic E-state index is 12.7. The molecular formula is C28H28N2O5. The van der Waals surface area contributed by atoms with E-state index in [1.165, 1.54) is 18.9 Å². The van der Waals surface area contributed by atoms with E-state index in [1.54, 1.807) is 12.1 Å². The van der Waals surface area contributed by atoms with Crippen LogP contribution in [0, 0.1) is 0 Å². The lowest BCUT2D eigenvalue weighted by Gasteiger charge is -2.21. The van der Waals surface area contributed by atoms with Gasteiger partial charge in [-0.1, -0.05) is 66.7 Å². The molecule has 0 aliphatic heterocycles. The molecule has 1 aliphatic carbocycles. The maximum absolute atomic E-state index is 12.7. The molecule has 4 rings (SSSR count). The lowest BCUT2D eigenvalue weighted by molar-refractivity contribution is -0.148. The lowest BCUT2D eigenvalue weighted by atomic mass is 9.98. The number of aliphatic carboxylic acids is 1. The first-order valence-corrected chi connectivity index (χ1v) is 11.5. The van der Waals surface area contributed by atoms with Crippen LogP contribution in [-0.2, 0) is 20.7 Å². The first-order chi connectivity index (χ1) is 16.9. The number of hydrogen-bond donors (Lipinski definition) is 2. The molecule has 7 heteroatoms. The standard InChI is InChI=1S/C28H28N2O5/c1-18(27(32)33)30(2)26(31)16-15-19-9-3-8-14-25(19)29-28(34)35-17-24-22-12-6-4-10-20(22)21-11-5-7-13-23(21)24/h3-14,18,24H,15-17H2,1-2H3,(H,29,34)(H,32,33). The van der Waals surface area contributed by atoms with Gasteiger partial charge in [-0.05, 0) is 47.2 Å². The average Bonchev–Trinajstić information content (AvgIpc) is 3.19. The largest absolute Gasteiger partial charge is 0.480 e. The zero-order chi connectivity index (χ0) is 24.9. The number of nitrogens with zero attached hydrogens (tertiary/aromatic N) is 1. The van der Waals surface area contributed by atoms with Gasteiger partial charge in [0.2, 0.25) is 5.91 Å². The summed E-state index contributed by atoms with van der Waals surface area (Å²) in [5, 5.41) is 11.9. The van der Waals surface area contributed by atoms with Crippen LogP contribution >= 0.6 is 0 Å². The Kier molecular flexibility index (Phi) is 7.15. The van der Waals surface area contributed by atoms with E-state index in [1.807, 2.05) is 36.4 Å². The van der Waals surface area contributed by atoms with Gasteiger partial charge in [-0.2, -0.15) is 0 Å². The van der Waals surface area contributed by atoms with Crippen LogP contribution in [0.2, 0.25) is 0 Å². The molecule has 1 aliphatic rings. The van der Waals surface area contributed by atoms with Crippen molar-refractivity contribution in [3.63, 3.8) is 0 Å². The second-order valence-electron chi connectivity index (χ2n) is 8.63. The van der Waals surface area contributed by atoms with Crippen LogP contribution in [0.1, 0.15) is 36.0 Å². The Balaban J connectivity index is 1.38. The fourth-order valence-electron chi connectivity index (χ4n) is 4.40. The first kappa shape index (κ1) is 24.0. The quantitative estimate of drug-likeness (QED) is 0.486. The monoisotopic (exact) mass is 472 g/mol. The van der Waals surface area contributed by atoms with Gasteiger partial charge in [-0.15, -0.1) is 0 Å². The molecule has 7 nitrogen and oxygen atoms in total. The summed E-state index contributed by atoms with van der Waals surface area (Å²) < 4.78 is 5.63. The number of carbonyl (C=O) groups is 3. The third-order valence-electron chi connectivity index (χ3n) is 6.54. The van der Waals surface area contributed by atoms with Crippen molar-refractivity contribution in [1.82, 2.24) is 4.90 Å². The van der Waals surface area contributed by atoms with Crippen LogP contribution in [0.25, 0.3) is 11.1 Å². The molecule has 180 valence electrons. The Bertz CT molecular complexity index is 1210. The number of para-hydroxylation sites is 1. The summed E-state index contributed by atoms with van der Waals surface area (Å²) >= 11 is 0. The van der Waals surface area contributed by atoms with Gasteiger partial charge in [0.1, 0.15) is 12.6 Å². The zero-order valence-corrected chi connectivity index (χ0v) is 19.7. The van der Waals surface area contributed by atoms with Crippen molar-refractivity contribution in [2.45, 2.75) is 31.7 Å². The molecule has 3 aromatic rings. The summed E-state index contributed by atoms with van der Waals surface area (Å²) in [6.45, 7) is 1.67. The minimum atomic E-state index is -1.06. The summed E-state index contributed by atoms with van der Waals surface area (Å²) in [4.78, 5) is 37.4. The number of amides is 2. The Morgan fingerprint density at radius 1 is 0.943 bits per heavy atom. The van der Waals surface area contributed by atoms with Gasteiger partial charge >= 0.3 is 12.1 Å². The fourth-order valence-corrected chi connectivity index (χ4v) is 4.40. The summed E-state index contributed by atoms with van der Waals surface area (Å²) in [5.41, 5.74) is 5.93. The molecule has 1 atom stereocenters. The number of carboxylic acid groups (broad SMARTS) is 1. The van der Waals surface area contributed by atoms with Crippen LogP contribution in [0.5, 0.6) is 0 Å². The van der Waals surface area contributed by atoms with Crippen molar-refractivity contribution in [2.75, 3.05) is 19.0 Å². The van der Waals surface area contributed by atoms with Gasteiger partial charge in [-0.3, -0.25) is 10.1 Å². The van der Waals surface area contributed by atoms with Gasteiger partial charge in [0.05, 0.1) is 0 Å². The molecule has 2 N–H and O–H groups in total. The van der Waals surface area contributed by atoms with Gasteiger partial charge < -0.3 is 14.7 Å². The predicted molar refractivity (Wildman–Crippen MR) is 133 cm³/mol. The topological polar surface area (TPSA) is 95.9 Å². The normalized spacial score (nSPS) is 12.9. The van der Waals surface area contributed by atoms with E-state index < -0.39 is 18.1 Å².